The number of H-pyrrole nitrogens is 3. The van der Waals surface area contributed by atoms with E-state index in [2.05, 4.69) is 212 Å². The second-order valence-electron chi connectivity index (χ2n) is 25.8. The lowest BCUT2D eigenvalue weighted by Crippen LogP contribution is -2.36. The minimum atomic E-state index is 0.0978. The van der Waals surface area contributed by atoms with Crippen LogP contribution in [0.2, 0.25) is 0 Å². The van der Waals surface area contributed by atoms with E-state index in [1.807, 2.05) is 42.5 Å². The van der Waals surface area contributed by atoms with Gasteiger partial charge in [-0.3, -0.25) is 0 Å². The number of rotatable bonds is 14. The van der Waals surface area contributed by atoms with Crippen molar-refractivity contribution >= 4 is 49.8 Å². The molecule has 1 aliphatic carbocycles. The molecule has 0 bridgehead atoms. The molecule has 15 heteroatoms. The Morgan fingerprint density at radius 2 is 0.778 bits per heavy atom. The quantitative estimate of drug-likeness (QED) is 0.0938. The van der Waals surface area contributed by atoms with Crippen LogP contribution in [0.15, 0.2) is 206 Å². The summed E-state index contributed by atoms with van der Waals surface area (Å²) in [6.07, 6.45) is 4.26. The number of aromatic amines is 3. The van der Waals surface area contributed by atoms with Crippen LogP contribution in [0.25, 0.3) is 99.9 Å². The predicted molar refractivity (Wildman–Crippen MR) is 393 cm³/mol. The minimum Gasteiger partial charge on any atom is -0.492 e. The molecule has 3 N–H and O–H groups in total. The molecule has 494 valence electrons. The summed E-state index contributed by atoms with van der Waals surface area (Å²) in [5, 5.41) is 32.2. The van der Waals surface area contributed by atoms with E-state index in [1.165, 1.54) is 29.9 Å². The Hall–Kier alpha value is -11.1. The topological polar surface area (TPSA) is 184 Å². The number of aromatic nitrogens is 3. The number of nitriles is 3. The molecule has 4 saturated heterocycles. The number of ether oxygens (including phenoxy) is 6. The fourth-order valence-electron chi connectivity index (χ4n) is 13.7. The highest BCUT2D eigenvalue weighted by Gasteiger charge is 2.24. The molecule has 0 radical (unpaired) electrons. The number of hydrogen-bond donors (Lipinski definition) is 3. The van der Waals surface area contributed by atoms with Gasteiger partial charge in [0.1, 0.15) is 29.7 Å². The van der Waals surface area contributed by atoms with Crippen LogP contribution in [-0.4, -0.2) is 120 Å². The van der Waals surface area contributed by atoms with Gasteiger partial charge in [-0.15, -0.1) is 0 Å². The van der Waals surface area contributed by atoms with E-state index >= 15 is 0 Å². The number of anilines is 3. The van der Waals surface area contributed by atoms with Crippen LogP contribution < -0.4 is 24.2 Å². The number of nitrogens with zero attached hydrogens (tertiary/aromatic N) is 6. The number of hydrogen-bond acceptors (Lipinski definition) is 12. The second kappa shape index (κ2) is 29.7. The smallest absolute Gasteiger partial charge is 0.137 e. The van der Waals surface area contributed by atoms with Crippen molar-refractivity contribution < 1.29 is 28.4 Å². The van der Waals surface area contributed by atoms with E-state index in [0.717, 1.165) is 192 Å². The lowest BCUT2D eigenvalue weighted by molar-refractivity contribution is 0.0254. The highest BCUT2D eigenvalue weighted by atomic mass is 16.5. The zero-order valence-corrected chi connectivity index (χ0v) is 55.4. The largest absolute Gasteiger partial charge is 0.492 e. The molecule has 17 rings (SSSR count). The Kier molecular flexibility index (Phi) is 19.2. The van der Waals surface area contributed by atoms with Crippen molar-refractivity contribution in [2.45, 2.75) is 31.8 Å². The van der Waals surface area contributed by atoms with Gasteiger partial charge in [0.05, 0.1) is 82.2 Å². The van der Waals surface area contributed by atoms with Crippen molar-refractivity contribution in [3.8, 4) is 96.9 Å². The summed E-state index contributed by atoms with van der Waals surface area (Å²) in [5.74, 6) is 1.98. The van der Waals surface area contributed by atoms with Gasteiger partial charge in [-0.05, 0) is 172 Å². The average Bonchev–Trinajstić information content (AvgIpc) is 1.65. The summed E-state index contributed by atoms with van der Waals surface area (Å²) < 4.78 is 33.9. The monoisotopic (exact) mass is 1310 g/mol. The number of nitrogens with one attached hydrogen (secondary N) is 3. The van der Waals surface area contributed by atoms with Crippen molar-refractivity contribution in [1.29, 1.82) is 15.8 Å². The maximum atomic E-state index is 9.85. The molecular formula is C84H77N9O6. The number of benzene rings is 9. The van der Waals surface area contributed by atoms with Gasteiger partial charge in [-0.1, -0.05) is 97.1 Å². The molecule has 15 nitrogen and oxygen atoms in total. The average molecular weight is 1310 g/mol. The molecule has 4 aliphatic heterocycles. The standard InChI is InChI=1S/C30H29N3O3.C29H27N3O2.C25H21N3O/c31-20-23-17-21(7-8-30(23)36-25-9-13-34-14-10-25)26-5-2-6-28-27(26)19-29(32-28)22-3-1-4-24(18-22)33-11-15-35-16-12-33;30-18-23-16-22(8-11-29(23)34-19-20-4-5-20)25-2-1-3-27-26(25)17-28(31-27)21-6-9-24(10-7-21)32-12-14-33-15-13-32;26-17-18-3-1-4-20(15-18)22-5-2-6-24-23(22)16-25(27-24)19-7-9-21(10-8-19)28-11-13-29-14-12-28/h1-8,17-19,25,32H,9-16H2;1-3,6-11,16-17,20,31H,4-5,12-15,19H2;1-10,15-16,27H,11-14H2. The Morgan fingerprint density at radius 1 is 0.364 bits per heavy atom. The zero-order chi connectivity index (χ0) is 66.9. The van der Waals surface area contributed by atoms with Crippen LogP contribution in [0.5, 0.6) is 11.5 Å². The van der Waals surface area contributed by atoms with Gasteiger partial charge in [-0.25, -0.2) is 0 Å². The van der Waals surface area contributed by atoms with E-state index < -0.39 is 0 Å². The third-order valence-electron chi connectivity index (χ3n) is 19.4. The van der Waals surface area contributed by atoms with Gasteiger partial charge >= 0.3 is 0 Å². The van der Waals surface area contributed by atoms with E-state index in [9.17, 15) is 15.8 Å². The van der Waals surface area contributed by atoms with Gasteiger partial charge in [0.15, 0.2) is 0 Å². The van der Waals surface area contributed by atoms with Crippen LogP contribution in [0, 0.1) is 39.9 Å². The molecule has 1 saturated carbocycles. The first-order valence-electron chi connectivity index (χ1n) is 34.5. The second-order valence-corrected chi connectivity index (χ2v) is 25.8. The van der Waals surface area contributed by atoms with E-state index in [1.54, 1.807) is 0 Å². The fourth-order valence-corrected chi connectivity index (χ4v) is 13.7. The minimum absolute atomic E-state index is 0.0978. The molecule has 0 amide bonds. The Morgan fingerprint density at radius 3 is 1.26 bits per heavy atom. The molecule has 0 unspecified atom stereocenters. The van der Waals surface area contributed by atoms with E-state index in [0.29, 0.717) is 53.9 Å². The fraction of sp³-hybridized carbons (Fsp3) is 0.250. The summed E-state index contributed by atoms with van der Waals surface area (Å²) in [5.41, 5.74) is 21.9. The van der Waals surface area contributed by atoms with Crippen LogP contribution in [0.3, 0.4) is 0 Å². The van der Waals surface area contributed by atoms with Crippen molar-refractivity contribution in [2.24, 2.45) is 5.92 Å². The van der Waals surface area contributed by atoms with Gasteiger partial charge in [0.25, 0.3) is 0 Å². The van der Waals surface area contributed by atoms with Crippen LogP contribution in [0.1, 0.15) is 42.4 Å². The Labute approximate surface area is 576 Å². The summed E-state index contributed by atoms with van der Waals surface area (Å²) in [6.45, 7) is 12.4. The molecule has 12 aromatic rings. The summed E-state index contributed by atoms with van der Waals surface area (Å²) in [6, 6.07) is 78.0. The zero-order valence-electron chi connectivity index (χ0n) is 55.4. The SMILES string of the molecule is N#Cc1cc(-c2cccc3[nH]c(-c4ccc(N5CCOCC5)cc4)cc23)ccc1OCC1CC1.N#Cc1cc(-c2cccc3[nH]c(-c4cccc(N5CCOCC5)c4)cc23)ccc1OC1CCOCC1.N#Cc1cccc(-c2cccc3[nH]c(-c4ccc(N5CCOCC5)cc4)cc23)c1. The molecule has 0 atom stereocenters. The predicted octanol–water partition coefficient (Wildman–Crippen LogP) is 17.0. The van der Waals surface area contributed by atoms with E-state index in [-0.39, 0.29) is 6.10 Å². The van der Waals surface area contributed by atoms with Gasteiger partial charge in [-0.2, -0.15) is 15.8 Å². The molecule has 9 aromatic carbocycles. The maximum absolute atomic E-state index is 9.85. The summed E-state index contributed by atoms with van der Waals surface area (Å²) in [7, 11) is 0. The normalized spacial score (nSPS) is 15.7. The van der Waals surface area contributed by atoms with Gasteiger partial charge in [0.2, 0.25) is 0 Å². The van der Waals surface area contributed by atoms with Crippen LogP contribution in [0.4, 0.5) is 17.1 Å². The molecule has 0 spiro atoms. The maximum Gasteiger partial charge on any atom is 0.137 e. The molecule has 5 aliphatic rings. The molecule has 5 fully saturated rings. The Balaban J connectivity index is 0.000000122. The lowest BCUT2D eigenvalue weighted by Gasteiger charge is -2.29. The highest BCUT2D eigenvalue weighted by molar-refractivity contribution is 6.01. The number of morpholine rings is 3. The Bertz CT molecular complexity index is 4950. The number of fused-ring (bicyclic) bond motifs is 3. The first kappa shape index (κ1) is 63.9. The third-order valence-corrected chi connectivity index (χ3v) is 19.4. The van der Waals surface area contributed by atoms with Crippen molar-refractivity contribution in [3.63, 3.8) is 0 Å². The van der Waals surface area contributed by atoms with Crippen molar-refractivity contribution in [2.75, 3.05) is 113 Å². The third kappa shape index (κ3) is 14.6. The summed E-state index contributed by atoms with van der Waals surface area (Å²) in [4.78, 5) is 17.8. The van der Waals surface area contributed by atoms with Gasteiger partial charge in [0, 0.05) is 125 Å². The van der Waals surface area contributed by atoms with Crippen LogP contribution >= 0.6 is 0 Å². The van der Waals surface area contributed by atoms with Crippen molar-refractivity contribution in [1.82, 2.24) is 15.0 Å². The van der Waals surface area contributed by atoms with Crippen LogP contribution in [-0.2, 0) is 18.9 Å². The highest BCUT2D eigenvalue weighted by Crippen LogP contribution is 2.40. The van der Waals surface area contributed by atoms with Crippen molar-refractivity contribution in [3.05, 3.63) is 223 Å². The van der Waals surface area contributed by atoms with E-state index in [4.69, 9.17) is 28.4 Å². The van der Waals surface area contributed by atoms with Gasteiger partial charge < -0.3 is 58.1 Å². The first-order valence-corrected chi connectivity index (χ1v) is 34.5. The molecule has 7 heterocycles. The summed E-state index contributed by atoms with van der Waals surface area (Å²) >= 11 is 0. The molecule has 99 heavy (non-hydrogen) atoms. The first-order chi connectivity index (χ1) is 48.9. The molecular weight excluding hydrogens is 1230 g/mol. The lowest BCUT2D eigenvalue weighted by atomic mass is 9.99. The molecule has 3 aromatic heterocycles.